The molecule has 2 atom stereocenters. The molecule has 6 N–H and O–H groups in total. The van der Waals surface area contributed by atoms with Gasteiger partial charge in [-0.05, 0) is 110 Å². The van der Waals surface area contributed by atoms with Gasteiger partial charge in [-0.1, -0.05) is 128 Å². The number of aromatic hydroxyl groups is 2. The highest BCUT2D eigenvalue weighted by Gasteiger charge is 2.24. The van der Waals surface area contributed by atoms with Gasteiger partial charge in [-0.2, -0.15) is 0 Å². The molecule has 0 aromatic heterocycles. The van der Waals surface area contributed by atoms with E-state index in [4.69, 9.17) is 79.1 Å². The Balaban J connectivity index is 0.000000258. The fraction of sp³-hybridized carbons (Fsp3) is 0.216. The molecular formula is C51H48Cl6N4O8. The number of ether oxygens (including phenoxy) is 2. The predicted octanol–water partition coefficient (Wildman–Crippen LogP) is 14.4. The van der Waals surface area contributed by atoms with Crippen LogP contribution in [-0.2, 0) is 15.0 Å². The molecule has 4 amide bonds. The SMILES string of the molecule is CCC(C)(C)c1ccc(OC(C)C(=O)Nc2cc(O)c(NC(=O)c3ccccc3Cl)cc2Cl)c(Cl)c1.CCC(Oc1cccc(C)c1)C(=O)Nc1cc(O)c(NC(=O)c2ccc(Cl)c(Cl)c2)cc1Cl. The molecule has 0 saturated carbocycles. The number of carbonyl (C=O) groups is 4. The molecule has 2 unspecified atom stereocenters. The van der Waals surface area contributed by atoms with Crippen molar-refractivity contribution in [2.45, 2.75) is 72.0 Å². The van der Waals surface area contributed by atoms with Gasteiger partial charge >= 0.3 is 0 Å². The summed E-state index contributed by atoms with van der Waals surface area (Å²) in [7, 11) is 0. The van der Waals surface area contributed by atoms with E-state index in [1.54, 1.807) is 43.3 Å². The lowest BCUT2D eigenvalue weighted by molar-refractivity contribution is -0.123. The molecule has 6 aromatic rings. The highest BCUT2D eigenvalue weighted by atomic mass is 35.5. The third-order valence-corrected chi connectivity index (χ3v) is 12.7. The zero-order chi connectivity index (χ0) is 50.7. The Morgan fingerprint density at radius 3 is 1.75 bits per heavy atom. The van der Waals surface area contributed by atoms with Crippen LogP contribution in [0.4, 0.5) is 22.7 Å². The fourth-order valence-electron chi connectivity index (χ4n) is 6.27. The molecule has 0 aliphatic carbocycles. The van der Waals surface area contributed by atoms with Crippen LogP contribution in [0.3, 0.4) is 0 Å². The second kappa shape index (κ2) is 24.1. The topological polar surface area (TPSA) is 175 Å². The number of anilines is 4. The van der Waals surface area contributed by atoms with E-state index in [9.17, 15) is 29.4 Å². The van der Waals surface area contributed by atoms with Crippen LogP contribution in [0.1, 0.15) is 79.3 Å². The number of phenolic OH excluding ortho intramolecular Hbond substituents is 2. The van der Waals surface area contributed by atoms with Crippen LogP contribution in [0.5, 0.6) is 23.0 Å². The molecule has 69 heavy (non-hydrogen) atoms. The number of carbonyl (C=O) groups excluding carboxylic acids is 4. The summed E-state index contributed by atoms with van der Waals surface area (Å²) >= 11 is 36.9. The molecule has 6 rings (SSSR count). The van der Waals surface area contributed by atoms with Gasteiger partial charge in [0.05, 0.1) is 58.4 Å². The average molecular weight is 1060 g/mol. The number of hydrogen-bond donors (Lipinski definition) is 6. The summed E-state index contributed by atoms with van der Waals surface area (Å²) in [6.45, 7) is 11.7. The molecule has 362 valence electrons. The fourth-order valence-corrected chi connectivity index (χ4v) is 7.44. The normalized spacial score (nSPS) is 11.8. The molecule has 0 heterocycles. The quantitative estimate of drug-likeness (QED) is 0.0551. The molecule has 0 radical (unpaired) electrons. The van der Waals surface area contributed by atoms with Gasteiger partial charge in [0.15, 0.2) is 12.2 Å². The third kappa shape index (κ3) is 14.6. The Labute approximate surface area is 430 Å². The van der Waals surface area contributed by atoms with Crippen molar-refractivity contribution in [1.82, 2.24) is 0 Å². The minimum Gasteiger partial charge on any atom is -0.506 e. The Bertz CT molecular complexity index is 2880. The minimum atomic E-state index is -0.912. The minimum absolute atomic E-state index is 0.0388. The third-order valence-electron chi connectivity index (χ3n) is 10.7. The monoisotopic (exact) mass is 1050 g/mol. The maximum Gasteiger partial charge on any atom is 0.265 e. The van der Waals surface area contributed by atoms with Crippen LogP contribution in [0.2, 0.25) is 30.1 Å². The van der Waals surface area contributed by atoms with E-state index in [1.807, 2.05) is 44.2 Å². The first-order valence-electron chi connectivity index (χ1n) is 21.3. The lowest BCUT2D eigenvalue weighted by Gasteiger charge is -2.24. The van der Waals surface area contributed by atoms with E-state index >= 15 is 0 Å². The first-order valence-corrected chi connectivity index (χ1v) is 23.6. The number of halogens is 6. The van der Waals surface area contributed by atoms with Gasteiger partial charge in [-0.3, -0.25) is 19.2 Å². The summed E-state index contributed by atoms with van der Waals surface area (Å²) in [5.41, 5.74) is 2.99. The molecule has 6 aromatic carbocycles. The standard InChI is InChI=1S/C27H27Cl3N2O4.C24H21Cl3N2O4/c1-5-27(3,4)16-10-11-24(20(30)12-16)36-15(2)25(34)31-21-14-23(33)22(13-19(21)29)32-26(35)17-8-6-7-9-18(17)28;1-3-22(33-15-6-4-5-13(2)9-15)24(32)28-19-12-21(30)20(11-18(19)27)29-23(31)14-7-8-16(25)17(26)10-14/h6-15,33H,5H2,1-4H3,(H,31,34)(H,32,35);4-12,22,30H,3H2,1-2H3,(H,28,32)(H,29,31). The van der Waals surface area contributed by atoms with Crippen LogP contribution < -0.4 is 30.7 Å². The van der Waals surface area contributed by atoms with Crippen molar-refractivity contribution in [3.63, 3.8) is 0 Å². The van der Waals surface area contributed by atoms with Crippen molar-refractivity contribution in [2.75, 3.05) is 21.3 Å². The van der Waals surface area contributed by atoms with Crippen LogP contribution in [-0.4, -0.2) is 46.0 Å². The van der Waals surface area contributed by atoms with Gasteiger partial charge in [-0.25, -0.2) is 0 Å². The van der Waals surface area contributed by atoms with Crippen molar-refractivity contribution in [3.05, 3.63) is 162 Å². The van der Waals surface area contributed by atoms with Crippen LogP contribution in [0.25, 0.3) is 0 Å². The summed E-state index contributed by atoms with van der Waals surface area (Å²) in [6.07, 6.45) is -0.316. The molecule has 0 saturated heterocycles. The van der Waals surface area contributed by atoms with Crippen molar-refractivity contribution >= 4 is 116 Å². The second-order valence-electron chi connectivity index (χ2n) is 16.2. The summed E-state index contributed by atoms with van der Waals surface area (Å²) in [5.74, 6) is -1.58. The van der Waals surface area contributed by atoms with Gasteiger partial charge in [0.25, 0.3) is 23.6 Å². The number of amides is 4. The van der Waals surface area contributed by atoms with E-state index in [2.05, 4.69) is 42.0 Å². The van der Waals surface area contributed by atoms with Gasteiger partial charge in [0, 0.05) is 17.7 Å². The van der Waals surface area contributed by atoms with Crippen molar-refractivity contribution in [2.24, 2.45) is 0 Å². The number of nitrogens with one attached hydrogen (secondary N) is 4. The van der Waals surface area contributed by atoms with Gasteiger partial charge in [-0.15, -0.1) is 0 Å². The Morgan fingerprint density at radius 1 is 0.580 bits per heavy atom. The second-order valence-corrected chi connectivity index (χ2v) is 18.6. The Morgan fingerprint density at radius 2 is 1.19 bits per heavy atom. The van der Waals surface area contributed by atoms with Crippen LogP contribution in [0.15, 0.2) is 109 Å². The number of hydrogen-bond acceptors (Lipinski definition) is 8. The van der Waals surface area contributed by atoms with E-state index in [0.717, 1.165) is 17.5 Å². The molecule has 18 heteroatoms. The maximum atomic E-state index is 12.7. The van der Waals surface area contributed by atoms with E-state index in [1.165, 1.54) is 42.5 Å². The number of aryl methyl sites for hydroxylation is 1. The summed E-state index contributed by atoms with van der Waals surface area (Å²) in [5, 5.41) is 32.6. The zero-order valence-corrected chi connectivity index (χ0v) is 42.6. The van der Waals surface area contributed by atoms with E-state index in [-0.39, 0.29) is 70.9 Å². The van der Waals surface area contributed by atoms with Gasteiger partial charge in [0.1, 0.15) is 23.0 Å². The molecule has 0 bridgehead atoms. The van der Waals surface area contributed by atoms with Crippen molar-refractivity contribution in [1.29, 1.82) is 0 Å². The average Bonchev–Trinajstić information content (AvgIpc) is 3.30. The van der Waals surface area contributed by atoms with Crippen molar-refractivity contribution in [3.8, 4) is 23.0 Å². The van der Waals surface area contributed by atoms with Crippen molar-refractivity contribution < 1.29 is 38.9 Å². The van der Waals surface area contributed by atoms with Crippen LogP contribution >= 0.6 is 69.6 Å². The summed E-state index contributed by atoms with van der Waals surface area (Å²) < 4.78 is 11.6. The Kier molecular flexibility index (Phi) is 18.9. The summed E-state index contributed by atoms with van der Waals surface area (Å²) in [4.78, 5) is 50.5. The molecule has 0 spiro atoms. The number of rotatable bonds is 15. The summed E-state index contributed by atoms with van der Waals surface area (Å²) in [6, 6.07) is 29.0. The molecule has 0 fully saturated rings. The first-order chi connectivity index (χ1) is 32.6. The largest absolute Gasteiger partial charge is 0.506 e. The van der Waals surface area contributed by atoms with Crippen LogP contribution in [0, 0.1) is 6.92 Å². The smallest absolute Gasteiger partial charge is 0.265 e. The lowest BCUT2D eigenvalue weighted by atomic mass is 9.82. The Hall–Kier alpha value is -5.86. The molecular weight excluding hydrogens is 1010 g/mol. The zero-order valence-electron chi connectivity index (χ0n) is 38.1. The van der Waals surface area contributed by atoms with Gasteiger partial charge < -0.3 is 41.0 Å². The van der Waals surface area contributed by atoms with E-state index in [0.29, 0.717) is 28.0 Å². The molecule has 0 aliphatic heterocycles. The number of benzene rings is 6. The van der Waals surface area contributed by atoms with Gasteiger partial charge in [0.2, 0.25) is 0 Å². The molecule has 0 aliphatic rings. The predicted molar refractivity (Wildman–Crippen MR) is 278 cm³/mol. The lowest BCUT2D eigenvalue weighted by Crippen LogP contribution is -2.32. The maximum absolute atomic E-state index is 12.7. The first kappa shape index (κ1) is 54.1. The van der Waals surface area contributed by atoms with E-state index < -0.39 is 35.8 Å². The number of phenols is 2. The highest BCUT2D eigenvalue weighted by Crippen LogP contribution is 2.37. The molecule has 12 nitrogen and oxygen atoms in total. The highest BCUT2D eigenvalue weighted by molar-refractivity contribution is 6.42.